The van der Waals surface area contributed by atoms with Crippen molar-refractivity contribution in [2.24, 2.45) is 44.6 Å². The minimum atomic E-state index is -1.45. The van der Waals surface area contributed by atoms with Gasteiger partial charge in [-0.3, -0.25) is 62.8 Å². The van der Waals surface area contributed by atoms with Gasteiger partial charge < -0.3 is 75.5 Å². The smallest absolute Gasteiger partial charge is 0.247 e. The molecule has 85 heavy (non-hydrogen) atoms. The van der Waals surface area contributed by atoms with Gasteiger partial charge in [-0.15, -0.1) is 0 Å². The van der Waals surface area contributed by atoms with E-state index in [0.717, 1.165) is 17.7 Å². The number of unbranched alkanes of at least 4 members (excludes halogenated alkanes) is 1. The highest BCUT2D eigenvalue weighted by Crippen LogP contribution is 2.23. The number of imide groups is 1. The van der Waals surface area contributed by atoms with Crippen molar-refractivity contribution >= 4 is 71.0 Å². The number of carbonyl (C=O) groups excluding carboxylic acids is 10. The van der Waals surface area contributed by atoms with E-state index in [1.54, 1.807) is 42.5 Å². The van der Waals surface area contributed by atoms with Crippen molar-refractivity contribution in [3.63, 3.8) is 0 Å². The lowest BCUT2D eigenvalue weighted by atomic mass is 9.97. The van der Waals surface area contributed by atoms with Crippen LogP contribution in [0.3, 0.4) is 0 Å². The first-order chi connectivity index (χ1) is 40.4. The van der Waals surface area contributed by atoms with Gasteiger partial charge in [-0.25, -0.2) is 0 Å². The second kappa shape index (κ2) is 35.1. The van der Waals surface area contributed by atoms with E-state index in [1.807, 2.05) is 20.8 Å². The molecule has 2 aromatic rings. The van der Waals surface area contributed by atoms with E-state index in [9.17, 15) is 48.3 Å². The monoisotopic (exact) mass is 1190 g/mol. The third-order valence-electron chi connectivity index (χ3n) is 14.8. The predicted molar refractivity (Wildman–Crippen MR) is 319 cm³/mol. The Morgan fingerprint density at radius 3 is 1.84 bits per heavy atom. The minimum Gasteiger partial charge on any atom is -0.508 e. The van der Waals surface area contributed by atoms with Gasteiger partial charge in [-0.05, 0) is 99.9 Å². The van der Waals surface area contributed by atoms with Crippen LogP contribution in [0.25, 0.3) is 0 Å². The third-order valence-corrected chi connectivity index (χ3v) is 14.8. The SMILES string of the molecule is CCCC[C@H](NC(=O)[C@H](CC(C)C)N(C)C(=O)[C@H](Cc1ccccc1)NC(=O)[C@H](Cc1ccc(O)cc1)N(C(C)=O)C(=O)[C@@H]1CCCCN1)C(=O)N[C@@H](CCCN=C(N)N)C(=O)N1CCC[C@H]1C(=O)N[C@@H](CCCN=C(N)N)C(=O)NCC(N)=O. The first kappa shape index (κ1) is 69.1. The summed E-state index contributed by atoms with van der Waals surface area (Å²) in [6.45, 7) is 7.16. The number of carbonyl (C=O) groups is 10. The molecule has 0 radical (unpaired) electrons. The molecule has 0 aromatic heterocycles. The van der Waals surface area contributed by atoms with Crippen LogP contribution in [-0.2, 0) is 60.8 Å². The molecule has 468 valence electrons. The van der Waals surface area contributed by atoms with Crippen molar-refractivity contribution in [3.05, 3.63) is 65.7 Å². The molecule has 0 spiro atoms. The summed E-state index contributed by atoms with van der Waals surface area (Å²) in [5.74, 6) is -7.63. The number of aromatic hydroxyl groups is 1. The Bertz CT molecular complexity index is 2640. The molecule has 0 aliphatic carbocycles. The molecule has 2 aliphatic heterocycles. The third kappa shape index (κ3) is 22.6. The summed E-state index contributed by atoms with van der Waals surface area (Å²) in [7, 11) is 1.42. The number of guanidine groups is 2. The van der Waals surface area contributed by atoms with E-state index in [4.69, 9.17) is 28.7 Å². The van der Waals surface area contributed by atoms with Gasteiger partial charge in [0.15, 0.2) is 11.9 Å². The van der Waals surface area contributed by atoms with E-state index in [-0.39, 0.29) is 101 Å². The largest absolute Gasteiger partial charge is 0.508 e. The molecule has 17 N–H and O–H groups in total. The van der Waals surface area contributed by atoms with Crippen molar-refractivity contribution in [1.29, 1.82) is 0 Å². The maximum Gasteiger partial charge on any atom is 0.247 e. The fourth-order valence-corrected chi connectivity index (χ4v) is 10.3. The molecule has 27 nitrogen and oxygen atoms in total. The maximum absolute atomic E-state index is 15.1. The molecule has 10 amide bonds. The maximum atomic E-state index is 15.1. The van der Waals surface area contributed by atoms with E-state index >= 15 is 4.79 Å². The number of benzene rings is 2. The summed E-state index contributed by atoms with van der Waals surface area (Å²) >= 11 is 0. The van der Waals surface area contributed by atoms with Gasteiger partial charge in [0.2, 0.25) is 59.1 Å². The van der Waals surface area contributed by atoms with Crippen LogP contribution in [-0.4, -0.2) is 179 Å². The number of phenolic OH excluding ortho intramolecular Hbond substituents is 1. The van der Waals surface area contributed by atoms with Gasteiger partial charge in [-0.1, -0.05) is 82.5 Å². The predicted octanol–water partition coefficient (Wildman–Crippen LogP) is -1.23. The van der Waals surface area contributed by atoms with Gasteiger partial charge in [0.1, 0.15) is 48.0 Å². The molecule has 2 fully saturated rings. The lowest BCUT2D eigenvalue weighted by molar-refractivity contribution is -0.153. The molecule has 0 saturated carbocycles. The molecule has 0 bridgehead atoms. The Morgan fingerprint density at radius 2 is 1.26 bits per heavy atom. The highest BCUT2D eigenvalue weighted by molar-refractivity contribution is 6.03. The number of piperidine rings is 1. The van der Waals surface area contributed by atoms with Gasteiger partial charge in [-0.2, -0.15) is 0 Å². The molecular formula is C58H90N16O11. The van der Waals surface area contributed by atoms with Crippen LogP contribution in [0, 0.1) is 5.92 Å². The van der Waals surface area contributed by atoms with Crippen LogP contribution in [0.1, 0.15) is 122 Å². The molecule has 8 atom stereocenters. The Labute approximate surface area is 497 Å². The quantitative estimate of drug-likeness (QED) is 0.0226. The van der Waals surface area contributed by atoms with Crippen molar-refractivity contribution in [2.45, 2.75) is 172 Å². The number of amides is 10. The Kier molecular flexibility index (Phi) is 28.5. The number of nitrogens with zero attached hydrogens (tertiary/aromatic N) is 5. The van der Waals surface area contributed by atoms with Gasteiger partial charge in [0.25, 0.3) is 0 Å². The van der Waals surface area contributed by atoms with Gasteiger partial charge in [0, 0.05) is 46.4 Å². The lowest BCUT2D eigenvalue weighted by Gasteiger charge is -2.35. The van der Waals surface area contributed by atoms with Gasteiger partial charge in [0.05, 0.1) is 12.6 Å². The number of likely N-dealkylation sites (N-methyl/N-ethyl adjacent to an activating group) is 1. The molecular weight excluding hydrogens is 1100 g/mol. The number of phenols is 1. The van der Waals surface area contributed by atoms with Crippen LogP contribution < -0.4 is 60.6 Å². The number of hydrogen-bond acceptors (Lipinski definition) is 14. The highest BCUT2D eigenvalue weighted by atomic mass is 16.3. The van der Waals surface area contributed by atoms with Gasteiger partial charge >= 0.3 is 0 Å². The number of hydrogen-bond donors (Lipinski definition) is 12. The first-order valence-electron chi connectivity index (χ1n) is 29.3. The van der Waals surface area contributed by atoms with E-state index < -0.39 is 114 Å². The van der Waals surface area contributed by atoms with Crippen LogP contribution in [0.4, 0.5) is 0 Å². The highest BCUT2D eigenvalue weighted by Gasteiger charge is 2.42. The van der Waals surface area contributed by atoms with E-state index in [2.05, 4.69) is 41.9 Å². The fourth-order valence-electron chi connectivity index (χ4n) is 10.3. The lowest BCUT2D eigenvalue weighted by Crippen LogP contribution is -2.62. The van der Waals surface area contributed by atoms with Crippen molar-refractivity contribution in [3.8, 4) is 5.75 Å². The van der Waals surface area contributed by atoms with Crippen LogP contribution in [0.15, 0.2) is 64.6 Å². The normalized spacial score (nSPS) is 16.8. The Hall–Kier alpha value is -8.36. The van der Waals surface area contributed by atoms with E-state index in [0.29, 0.717) is 43.4 Å². The zero-order valence-electron chi connectivity index (χ0n) is 49.7. The molecule has 2 saturated heterocycles. The number of primary amides is 1. The number of rotatable bonds is 33. The first-order valence-corrected chi connectivity index (χ1v) is 29.3. The van der Waals surface area contributed by atoms with Crippen LogP contribution in [0.5, 0.6) is 5.75 Å². The summed E-state index contributed by atoms with van der Waals surface area (Å²) in [6.07, 6.45) is 4.15. The van der Waals surface area contributed by atoms with Crippen LogP contribution in [0.2, 0.25) is 0 Å². The average Bonchev–Trinajstić information content (AvgIpc) is 3.39. The Morgan fingerprint density at radius 1 is 0.682 bits per heavy atom. The summed E-state index contributed by atoms with van der Waals surface area (Å²) in [5, 5.41) is 26.9. The number of nitrogens with one attached hydrogen (secondary N) is 6. The zero-order chi connectivity index (χ0) is 62.8. The molecule has 2 aliphatic rings. The number of aliphatic imine (C=N–C) groups is 2. The molecule has 27 heteroatoms. The van der Waals surface area contributed by atoms with Crippen molar-refractivity contribution < 1.29 is 53.1 Å². The second-order valence-electron chi connectivity index (χ2n) is 22.1. The molecule has 4 rings (SSSR count). The zero-order valence-corrected chi connectivity index (χ0v) is 49.7. The number of likely N-dealkylation sites (tertiary alicyclic amines) is 1. The second-order valence-corrected chi connectivity index (χ2v) is 22.1. The molecule has 0 unspecified atom stereocenters. The average molecular weight is 1190 g/mol. The molecule has 2 aromatic carbocycles. The van der Waals surface area contributed by atoms with Crippen molar-refractivity contribution in [2.75, 3.05) is 39.8 Å². The minimum absolute atomic E-state index is 0.00306. The standard InChI is InChI=1S/C58H90N16O11/c1-6-7-18-41(50(79)70-43(21-14-29-66-58(62)63)55(84)73-30-15-22-45(73)51(80)68-40(20-13-28-65-57(60)61)49(78)67-34-48(59)77)69-52(81)46(31-35(2)3)72(5)54(83)44(32-37-16-9-8-10-17-37)71-53(82)47(33-38-23-25-39(76)26-24-38)74(36(4)75)56(85)42-19-11-12-27-64-42/h8-10,16-17,23-26,35,40-47,64,76H,6-7,11-15,18-22,27-34H2,1-5H3,(H2,59,77)(H,67,78)(H,68,80)(H,69,81)(H,70,79)(H,71,82)(H4,60,61,65)(H4,62,63,66)/t40-,41-,42-,43-,44-,45-,46-,47-/m0/s1. The Balaban J connectivity index is 1.65. The summed E-state index contributed by atoms with van der Waals surface area (Å²) in [4.78, 5) is 152. The van der Waals surface area contributed by atoms with Crippen molar-refractivity contribution in [1.82, 2.24) is 46.6 Å². The topological polar surface area (TPSA) is 428 Å². The summed E-state index contributed by atoms with van der Waals surface area (Å²) < 4.78 is 0. The number of nitrogens with two attached hydrogens (primary N) is 5. The van der Waals surface area contributed by atoms with Crippen LogP contribution >= 0.6 is 0 Å². The fraction of sp³-hybridized carbons (Fsp3) is 0.586. The van der Waals surface area contributed by atoms with E-state index in [1.165, 1.54) is 35.9 Å². The summed E-state index contributed by atoms with van der Waals surface area (Å²) in [5.41, 5.74) is 28.5. The molecule has 2 heterocycles. The summed E-state index contributed by atoms with van der Waals surface area (Å²) in [6, 6.07) is 5.28.